The Labute approximate surface area is 175 Å². The summed E-state index contributed by atoms with van der Waals surface area (Å²) in [5, 5.41) is 10.2. The smallest absolute Gasteiger partial charge is 0.270 e. The van der Waals surface area contributed by atoms with Gasteiger partial charge in [-0.05, 0) is 43.2 Å². The van der Waals surface area contributed by atoms with E-state index in [0.717, 1.165) is 24.2 Å². The molecule has 1 fully saturated rings. The van der Waals surface area contributed by atoms with Gasteiger partial charge in [-0.15, -0.1) is 0 Å². The van der Waals surface area contributed by atoms with Crippen LogP contribution in [0.2, 0.25) is 0 Å². The molecule has 7 heteroatoms. The standard InChI is InChI=1S/C23H24N4O3/c28-22(16-30-19-9-5-2-6-10-19)24-13-14-25-23(29)21-15-20(17-11-12-17)26-27(21)18-7-3-1-4-8-18/h1-10,15,17H,11-14,16H2,(H,24,28)(H,25,29). The number of ether oxygens (including phenoxy) is 1. The molecule has 0 saturated heterocycles. The summed E-state index contributed by atoms with van der Waals surface area (Å²) in [4.78, 5) is 24.6. The molecule has 3 aromatic rings. The second-order valence-corrected chi connectivity index (χ2v) is 7.18. The second kappa shape index (κ2) is 9.26. The van der Waals surface area contributed by atoms with Crippen molar-refractivity contribution in [2.75, 3.05) is 19.7 Å². The van der Waals surface area contributed by atoms with Gasteiger partial charge < -0.3 is 15.4 Å². The fourth-order valence-electron chi connectivity index (χ4n) is 3.09. The van der Waals surface area contributed by atoms with Crippen LogP contribution in [0.4, 0.5) is 0 Å². The lowest BCUT2D eigenvalue weighted by molar-refractivity contribution is -0.123. The largest absolute Gasteiger partial charge is 0.484 e. The Morgan fingerprint density at radius 2 is 1.63 bits per heavy atom. The summed E-state index contributed by atoms with van der Waals surface area (Å²) in [5.41, 5.74) is 2.30. The lowest BCUT2D eigenvalue weighted by Gasteiger charge is -2.10. The monoisotopic (exact) mass is 404 g/mol. The Morgan fingerprint density at radius 1 is 0.967 bits per heavy atom. The maximum Gasteiger partial charge on any atom is 0.270 e. The molecule has 4 rings (SSSR count). The zero-order chi connectivity index (χ0) is 20.8. The van der Waals surface area contributed by atoms with Gasteiger partial charge in [-0.25, -0.2) is 4.68 Å². The van der Waals surface area contributed by atoms with E-state index in [1.54, 1.807) is 16.8 Å². The lowest BCUT2D eigenvalue weighted by Crippen LogP contribution is -2.37. The molecule has 2 amide bonds. The minimum Gasteiger partial charge on any atom is -0.484 e. The van der Waals surface area contributed by atoms with Crippen molar-refractivity contribution in [3.63, 3.8) is 0 Å². The van der Waals surface area contributed by atoms with E-state index in [-0.39, 0.29) is 18.4 Å². The summed E-state index contributed by atoms with van der Waals surface area (Å²) in [6, 6.07) is 20.6. The van der Waals surface area contributed by atoms with E-state index in [1.165, 1.54) is 0 Å². The molecule has 0 spiro atoms. The fourth-order valence-corrected chi connectivity index (χ4v) is 3.09. The molecule has 30 heavy (non-hydrogen) atoms. The molecule has 0 bridgehead atoms. The predicted molar refractivity (Wildman–Crippen MR) is 113 cm³/mol. The number of para-hydroxylation sites is 2. The molecule has 1 aliphatic carbocycles. The molecule has 0 aliphatic heterocycles. The van der Waals surface area contributed by atoms with Crippen LogP contribution in [0.1, 0.15) is 34.9 Å². The average molecular weight is 404 g/mol. The number of rotatable bonds is 9. The molecule has 154 valence electrons. The zero-order valence-corrected chi connectivity index (χ0v) is 16.6. The molecule has 7 nitrogen and oxygen atoms in total. The summed E-state index contributed by atoms with van der Waals surface area (Å²) < 4.78 is 7.09. The van der Waals surface area contributed by atoms with Crippen molar-refractivity contribution in [2.45, 2.75) is 18.8 Å². The topological polar surface area (TPSA) is 85.2 Å². The number of carbonyl (C=O) groups excluding carboxylic acids is 2. The van der Waals surface area contributed by atoms with Crippen molar-refractivity contribution in [3.05, 3.63) is 78.1 Å². The van der Waals surface area contributed by atoms with Crippen LogP contribution in [0.25, 0.3) is 5.69 Å². The maximum atomic E-state index is 12.7. The molecule has 0 unspecified atom stereocenters. The van der Waals surface area contributed by atoms with Crippen molar-refractivity contribution < 1.29 is 14.3 Å². The van der Waals surface area contributed by atoms with E-state index >= 15 is 0 Å². The minimum atomic E-state index is -0.238. The highest BCUT2D eigenvalue weighted by Crippen LogP contribution is 2.39. The third-order valence-corrected chi connectivity index (χ3v) is 4.80. The summed E-state index contributed by atoms with van der Waals surface area (Å²) in [6.07, 6.45) is 2.23. The first kappa shape index (κ1) is 19.7. The highest BCUT2D eigenvalue weighted by molar-refractivity contribution is 5.93. The van der Waals surface area contributed by atoms with Crippen LogP contribution in [-0.4, -0.2) is 41.3 Å². The summed E-state index contributed by atoms with van der Waals surface area (Å²) in [5.74, 6) is 0.637. The number of nitrogens with zero attached hydrogens (tertiary/aromatic N) is 2. The SMILES string of the molecule is O=C(COc1ccccc1)NCCNC(=O)c1cc(C2CC2)nn1-c1ccccc1. The van der Waals surface area contributed by atoms with Crippen LogP contribution in [0, 0.1) is 0 Å². The van der Waals surface area contributed by atoms with E-state index < -0.39 is 0 Å². The van der Waals surface area contributed by atoms with E-state index in [0.29, 0.717) is 30.5 Å². The number of amides is 2. The van der Waals surface area contributed by atoms with Gasteiger partial charge in [0.2, 0.25) is 0 Å². The molecule has 1 heterocycles. The van der Waals surface area contributed by atoms with Crippen LogP contribution < -0.4 is 15.4 Å². The third kappa shape index (κ3) is 5.05. The number of nitrogens with one attached hydrogen (secondary N) is 2. The predicted octanol–water partition coefficient (Wildman–Crippen LogP) is 2.67. The van der Waals surface area contributed by atoms with Gasteiger partial charge in [0.05, 0.1) is 11.4 Å². The Bertz CT molecular complexity index is 998. The van der Waals surface area contributed by atoms with Crippen LogP contribution in [0.5, 0.6) is 5.75 Å². The van der Waals surface area contributed by atoms with Gasteiger partial charge in [0, 0.05) is 19.0 Å². The van der Waals surface area contributed by atoms with Crippen LogP contribution in [0.3, 0.4) is 0 Å². The summed E-state index contributed by atoms with van der Waals surface area (Å²) in [6.45, 7) is 0.565. The second-order valence-electron chi connectivity index (χ2n) is 7.18. The Balaban J connectivity index is 1.28. The first-order chi connectivity index (χ1) is 14.7. The van der Waals surface area contributed by atoms with Crippen molar-refractivity contribution in [1.29, 1.82) is 0 Å². The van der Waals surface area contributed by atoms with E-state index in [9.17, 15) is 9.59 Å². The van der Waals surface area contributed by atoms with Gasteiger partial charge in [-0.3, -0.25) is 9.59 Å². The maximum absolute atomic E-state index is 12.7. The molecule has 0 radical (unpaired) electrons. The van der Waals surface area contributed by atoms with Gasteiger partial charge in [-0.1, -0.05) is 36.4 Å². The molecule has 1 aromatic heterocycles. The summed E-state index contributed by atoms with van der Waals surface area (Å²) in [7, 11) is 0. The number of hydrogen-bond donors (Lipinski definition) is 2. The average Bonchev–Trinajstić information content (AvgIpc) is 3.54. The van der Waals surface area contributed by atoms with E-state index in [4.69, 9.17) is 4.74 Å². The highest BCUT2D eigenvalue weighted by Gasteiger charge is 2.29. The van der Waals surface area contributed by atoms with Gasteiger partial charge in [0.1, 0.15) is 11.4 Å². The molecule has 1 saturated carbocycles. The number of hydrogen-bond acceptors (Lipinski definition) is 4. The van der Waals surface area contributed by atoms with Crippen molar-refractivity contribution >= 4 is 11.8 Å². The molecule has 0 atom stereocenters. The first-order valence-corrected chi connectivity index (χ1v) is 10.1. The van der Waals surface area contributed by atoms with Gasteiger partial charge in [-0.2, -0.15) is 5.10 Å². The van der Waals surface area contributed by atoms with Gasteiger partial charge in [0.25, 0.3) is 11.8 Å². The molecular formula is C23H24N4O3. The number of benzene rings is 2. The summed E-state index contributed by atoms with van der Waals surface area (Å²) >= 11 is 0. The normalized spacial score (nSPS) is 12.9. The Kier molecular flexibility index (Phi) is 6.08. The van der Waals surface area contributed by atoms with E-state index in [1.807, 2.05) is 54.6 Å². The first-order valence-electron chi connectivity index (χ1n) is 10.1. The van der Waals surface area contributed by atoms with Crippen molar-refractivity contribution in [2.24, 2.45) is 0 Å². The zero-order valence-electron chi connectivity index (χ0n) is 16.6. The molecule has 2 aromatic carbocycles. The van der Waals surface area contributed by atoms with E-state index in [2.05, 4.69) is 15.7 Å². The molecule has 1 aliphatic rings. The van der Waals surface area contributed by atoms with Gasteiger partial charge >= 0.3 is 0 Å². The van der Waals surface area contributed by atoms with Crippen molar-refractivity contribution in [1.82, 2.24) is 20.4 Å². The van der Waals surface area contributed by atoms with Crippen molar-refractivity contribution in [3.8, 4) is 11.4 Å². The Hall–Kier alpha value is -3.61. The van der Waals surface area contributed by atoms with Crippen LogP contribution >= 0.6 is 0 Å². The number of carbonyl (C=O) groups is 2. The third-order valence-electron chi connectivity index (χ3n) is 4.80. The fraction of sp³-hybridized carbons (Fsp3) is 0.261. The van der Waals surface area contributed by atoms with Gasteiger partial charge in [0.15, 0.2) is 6.61 Å². The quantitative estimate of drug-likeness (QED) is 0.537. The minimum absolute atomic E-state index is 0.0660. The highest BCUT2D eigenvalue weighted by atomic mass is 16.5. The van der Waals surface area contributed by atoms with Crippen LogP contribution in [0.15, 0.2) is 66.7 Å². The lowest BCUT2D eigenvalue weighted by atomic mass is 10.2. The number of aromatic nitrogens is 2. The van der Waals surface area contributed by atoms with Crippen LogP contribution in [-0.2, 0) is 4.79 Å². The molecule has 2 N–H and O–H groups in total. The Morgan fingerprint density at radius 3 is 2.33 bits per heavy atom. The molecular weight excluding hydrogens is 380 g/mol.